The lowest BCUT2D eigenvalue weighted by Gasteiger charge is -2.31. The molecule has 0 unspecified atom stereocenters. The first-order chi connectivity index (χ1) is 17.1. The van der Waals surface area contributed by atoms with Crippen LogP contribution < -0.4 is 9.47 Å². The van der Waals surface area contributed by atoms with Gasteiger partial charge in [0.15, 0.2) is 0 Å². The number of benzene rings is 1. The van der Waals surface area contributed by atoms with E-state index in [2.05, 4.69) is 26.7 Å². The molecular formula is C27H29N3O5. The summed E-state index contributed by atoms with van der Waals surface area (Å²) in [5, 5.41) is 10.7. The molecule has 0 atom stereocenters. The minimum Gasteiger partial charge on any atom is -0.497 e. The fourth-order valence-electron chi connectivity index (χ4n) is 4.88. The van der Waals surface area contributed by atoms with Crippen LogP contribution in [0.2, 0.25) is 0 Å². The number of aromatic carboxylic acids is 1. The summed E-state index contributed by atoms with van der Waals surface area (Å²) in [7, 11) is 1.55. The Labute approximate surface area is 203 Å². The highest BCUT2D eigenvalue weighted by Crippen LogP contribution is 2.34. The Balaban J connectivity index is 1.20. The molecule has 35 heavy (non-hydrogen) atoms. The predicted molar refractivity (Wildman–Crippen MR) is 131 cm³/mol. The van der Waals surface area contributed by atoms with Crippen molar-refractivity contribution >= 4 is 16.9 Å². The van der Waals surface area contributed by atoms with Gasteiger partial charge in [-0.1, -0.05) is 0 Å². The van der Waals surface area contributed by atoms with Gasteiger partial charge in [0.1, 0.15) is 23.7 Å². The van der Waals surface area contributed by atoms with Gasteiger partial charge in [-0.05, 0) is 61.7 Å². The highest BCUT2D eigenvalue weighted by molar-refractivity contribution is 5.91. The third-order valence-electron chi connectivity index (χ3n) is 6.76. The van der Waals surface area contributed by atoms with E-state index < -0.39 is 5.97 Å². The lowest BCUT2D eigenvalue weighted by molar-refractivity contribution is 0.0691. The number of nitrogens with zero attached hydrogens (tertiary/aromatic N) is 3. The van der Waals surface area contributed by atoms with Crippen LogP contribution in [0, 0.1) is 0 Å². The topological polar surface area (TPSA) is 90.0 Å². The zero-order chi connectivity index (χ0) is 24.2. The second-order valence-corrected chi connectivity index (χ2v) is 8.87. The third-order valence-corrected chi connectivity index (χ3v) is 6.76. The highest BCUT2D eigenvalue weighted by atomic mass is 16.5. The number of hydrogen-bond donors (Lipinski definition) is 1. The summed E-state index contributed by atoms with van der Waals surface area (Å²) >= 11 is 0. The molecule has 1 saturated heterocycles. The summed E-state index contributed by atoms with van der Waals surface area (Å²) in [4.78, 5) is 18.2. The van der Waals surface area contributed by atoms with E-state index in [4.69, 9.17) is 13.9 Å². The van der Waals surface area contributed by atoms with Crippen LogP contribution in [0.4, 0.5) is 0 Å². The van der Waals surface area contributed by atoms with Crippen molar-refractivity contribution in [1.82, 2.24) is 14.5 Å². The van der Waals surface area contributed by atoms with Crippen LogP contribution in [-0.4, -0.2) is 58.9 Å². The van der Waals surface area contributed by atoms with E-state index in [1.165, 1.54) is 17.0 Å². The van der Waals surface area contributed by atoms with Gasteiger partial charge in [0.05, 0.1) is 37.9 Å². The average molecular weight is 476 g/mol. The van der Waals surface area contributed by atoms with E-state index in [9.17, 15) is 9.90 Å². The van der Waals surface area contributed by atoms with Crippen molar-refractivity contribution in [3.63, 3.8) is 0 Å². The van der Waals surface area contributed by atoms with E-state index in [0.717, 1.165) is 50.1 Å². The Bertz CT molecular complexity index is 1290. The van der Waals surface area contributed by atoms with Crippen molar-refractivity contribution in [2.24, 2.45) is 0 Å². The first-order valence-electron chi connectivity index (χ1n) is 11.8. The van der Waals surface area contributed by atoms with E-state index in [0.29, 0.717) is 24.0 Å². The van der Waals surface area contributed by atoms with Gasteiger partial charge < -0.3 is 23.6 Å². The van der Waals surface area contributed by atoms with Gasteiger partial charge in [-0.15, -0.1) is 0 Å². The molecule has 0 saturated carbocycles. The van der Waals surface area contributed by atoms with Gasteiger partial charge >= 0.3 is 5.97 Å². The van der Waals surface area contributed by atoms with E-state index >= 15 is 0 Å². The minimum atomic E-state index is -1.01. The van der Waals surface area contributed by atoms with Crippen molar-refractivity contribution < 1.29 is 23.8 Å². The molecule has 0 bridgehead atoms. The lowest BCUT2D eigenvalue weighted by Crippen LogP contribution is -2.35. The van der Waals surface area contributed by atoms with Crippen molar-refractivity contribution in [3.8, 4) is 11.5 Å². The number of ether oxygens (including phenoxy) is 2. The quantitative estimate of drug-likeness (QED) is 0.377. The Kier molecular flexibility index (Phi) is 6.72. The molecule has 1 aromatic carbocycles. The Morgan fingerprint density at radius 3 is 2.83 bits per heavy atom. The summed E-state index contributed by atoms with van der Waals surface area (Å²) < 4.78 is 18.6. The van der Waals surface area contributed by atoms with Gasteiger partial charge in [0, 0.05) is 36.0 Å². The second kappa shape index (κ2) is 10.2. The minimum absolute atomic E-state index is 0.144. The monoisotopic (exact) mass is 475 g/mol. The number of fused-ring (bicyclic) bond motifs is 1. The molecule has 1 aliphatic heterocycles. The first-order valence-corrected chi connectivity index (χ1v) is 11.8. The highest BCUT2D eigenvalue weighted by Gasteiger charge is 2.24. The van der Waals surface area contributed by atoms with Gasteiger partial charge in [-0.2, -0.15) is 0 Å². The lowest BCUT2D eigenvalue weighted by atomic mass is 9.89. The van der Waals surface area contributed by atoms with Crippen molar-refractivity contribution in [3.05, 3.63) is 78.1 Å². The molecule has 8 heteroatoms. The number of furan rings is 1. The van der Waals surface area contributed by atoms with E-state index in [1.54, 1.807) is 31.8 Å². The van der Waals surface area contributed by atoms with Gasteiger partial charge in [-0.25, -0.2) is 4.79 Å². The number of carboxylic acid groups (broad SMARTS) is 1. The largest absolute Gasteiger partial charge is 0.497 e. The zero-order valence-corrected chi connectivity index (χ0v) is 19.7. The number of carboxylic acids is 1. The van der Waals surface area contributed by atoms with E-state index in [1.807, 2.05) is 18.5 Å². The number of rotatable bonds is 9. The maximum atomic E-state index is 11.5. The predicted octanol–water partition coefficient (Wildman–Crippen LogP) is 4.64. The number of piperidine rings is 1. The number of pyridine rings is 1. The number of aromatic nitrogens is 2. The summed E-state index contributed by atoms with van der Waals surface area (Å²) in [5.74, 6) is 0.393. The summed E-state index contributed by atoms with van der Waals surface area (Å²) in [6.07, 6.45) is 11.7. The molecule has 0 radical (unpaired) electrons. The molecule has 3 aromatic heterocycles. The fourth-order valence-corrected chi connectivity index (χ4v) is 4.88. The Hall–Kier alpha value is -3.78. The summed E-state index contributed by atoms with van der Waals surface area (Å²) in [6.45, 7) is 3.87. The molecule has 5 rings (SSSR count). The van der Waals surface area contributed by atoms with Crippen LogP contribution >= 0.6 is 0 Å². The van der Waals surface area contributed by atoms with Crippen LogP contribution in [0.1, 0.15) is 40.2 Å². The zero-order valence-electron chi connectivity index (χ0n) is 19.7. The molecule has 1 N–H and O–H groups in total. The molecule has 8 nitrogen and oxygen atoms in total. The number of methoxy groups -OCH3 is 1. The van der Waals surface area contributed by atoms with Crippen LogP contribution in [0.15, 0.2) is 65.9 Å². The van der Waals surface area contributed by atoms with E-state index in [-0.39, 0.29) is 5.56 Å². The van der Waals surface area contributed by atoms with Gasteiger partial charge in [0.25, 0.3) is 0 Å². The molecule has 4 aromatic rings. The normalized spacial score (nSPS) is 14.9. The molecule has 0 aliphatic carbocycles. The molecule has 182 valence electrons. The summed E-state index contributed by atoms with van der Waals surface area (Å²) in [6, 6.07) is 8.88. The summed E-state index contributed by atoms with van der Waals surface area (Å²) in [5.41, 5.74) is 3.80. The number of carbonyl (C=O) groups is 1. The Morgan fingerprint density at radius 1 is 1.23 bits per heavy atom. The third kappa shape index (κ3) is 5.02. The maximum Gasteiger partial charge on any atom is 0.339 e. The molecule has 4 heterocycles. The maximum absolute atomic E-state index is 11.5. The molecule has 1 aliphatic rings. The average Bonchev–Trinajstić information content (AvgIpc) is 3.53. The van der Waals surface area contributed by atoms with Gasteiger partial charge in [-0.3, -0.25) is 9.88 Å². The fraction of sp³-hybridized carbons (Fsp3) is 0.333. The smallest absolute Gasteiger partial charge is 0.339 e. The van der Waals surface area contributed by atoms with Crippen molar-refractivity contribution in [2.75, 3.05) is 33.4 Å². The van der Waals surface area contributed by atoms with Gasteiger partial charge in [0.2, 0.25) is 0 Å². The standard InChI is InChI=1S/C27H29N3O5/c1-33-21-2-3-23(27(31)32)26(14-21)35-13-11-29-9-5-20(6-10-29)24-17-30(16-19-7-12-34-18-19)25-15-28-8-4-22(24)25/h2-4,7-8,12,14-15,17-18,20H,5-6,9-11,13,16H2,1H3,(H,31,32). The van der Waals surface area contributed by atoms with Crippen LogP contribution in [-0.2, 0) is 6.54 Å². The SMILES string of the molecule is COc1ccc(C(=O)O)c(OCCN2CCC(c3cn(Cc4ccoc4)c4cnccc34)CC2)c1. The molecular weight excluding hydrogens is 446 g/mol. The Morgan fingerprint density at radius 2 is 2.09 bits per heavy atom. The number of likely N-dealkylation sites (tertiary alicyclic amines) is 1. The molecule has 0 amide bonds. The second-order valence-electron chi connectivity index (χ2n) is 8.87. The number of hydrogen-bond acceptors (Lipinski definition) is 6. The van der Waals surface area contributed by atoms with Crippen molar-refractivity contribution in [1.29, 1.82) is 0 Å². The first kappa shape index (κ1) is 23.0. The van der Waals surface area contributed by atoms with Crippen LogP contribution in [0.25, 0.3) is 10.9 Å². The van der Waals surface area contributed by atoms with Crippen LogP contribution in [0.5, 0.6) is 11.5 Å². The van der Waals surface area contributed by atoms with Crippen molar-refractivity contribution in [2.45, 2.75) is 25.3 Å². The molecule has 1 fully saturated rings. The van der Waals surface area contributed by atoms with Crippen LogP contribution in [0.3, 0.4) is 0 Å². The molecule has 0 spiro atoms.